The van der Waals surface area contributed by atoms with Crippen LogP contribution in [0.2, 0.25) is 0 Å². The highest BCUT2D eigenvalue weighted by molar-refractivity contribution is 5.75. The van der Waals surface area contributed by atoms with Crippen molar-refractivity contribution in [2.24, 2.45) is 0 Å². The number of hydrogen-bond acceptors (Lipinski definition) is 4. The number of nitrogen functional groups attached to an aromatic ring is 1. The second-order valence-corrected chi connectivity index (χ2v) is 2.66. The molecule has 1 heterocycles. The molecule has 0 aliphatic carbocycles. The molecule has 1 rings (SSSR count). The predicted octanol–water partition coefficient (Wildman–Crippen LogP) is 0.185. The zero-order valence-corrected chi connectivity index (χ0v) is 7.27. The summed E-state index contributed by atoms with van der Waals surface area (Å²) in [4.78, 5) is 15.8. The third-order valence-electron chi connectivity index (χ3n) is 1.60. The molecule has 0 saturated carbocycles. The molecule has 0 unspecified atom stereocenters. The first kappa shape index (κ1) is 9.31. The fourth-order valence-corrected chi connectivity index (χ4v) is 1.02. The van der Waals surface area contributed by atoms with Crippen LogP contribution in [0.5, 0.6) is 0 Å². The molecular weight excluding hydrogens is 170 g/mol. The molecule has 0 aliphatic rings. The van der Waals surface area contributed by atoms with E-state index in [2.05, 4.69) is 4.98 Å². The van der Waals surface area contributed by atoms with Gasteiger partial charge in [0.05, 0.1) is 5.69 Å². The highest BCUT2D eigenvalue weighted by atomic mass is 16.4. The average Bonchev–Trinajstić information content (AvgIpc) is 2.03. The molecule has 70 valence electrons. The quantitative estimate of drug-likeness (QED) is 0.695. The van der Waals surface area contributed by atoms with Gasteiger partial charge < -0.3 is 15.7 Å². The zero-order chi connectivity index (χ0) is 9.84. The van der Waals surface area contributed by atoms with Crippen molar-refractivity contribution in [2.45, 2.75) is 0 Å². The Morgan fingerprint density at radius 3 is 3.00 bits per heavy atom. The van der Waals surface area contributed by atoms with Crippen molar-refractivity contribution < 1.29 is 9.90 Å². The molecule has 0 fully saturated rings. The van der Waals surface area contributed by atoms with E-state index in [0.29, 0.717) is 11.5 Å². The van der Waals surface area contributed by atoms with Crippen LogP contribution in [0.4, 0.5) is 11.5 Å². The fraction of sp³-hybridized carbons (Fsp3) is 0.250. The van der Waals surface area contributed by atoms with Crippen LogP contribution in [0.3, 0.4) is 0 Å². The Morgan fingerprint density at radius 2 is 2.46 bits per heavy atom. The molecule has 0 amide bonds. The van der Waals surface area contributed by atoms with Crippen molar-refractivity contribution >= 4 is 17.5 Å². The molecule has 0 atom stereocenters. The lowest BCUT2D eigenvalue weighted by Crippen LogP contribution is -2.26. The molecule has 0 spiro atoms. The largest absolute Gasteiger partial charge is 0.480 e. The van der Waals surface area contributed by atoms with Gasteiger partial charge in [0.25, 0.3) is 0 Å². The summed E-state index contributed by atoms with van der Waals surface area (Å²) in [6, 6.07) is 3.44. The van der Waals surface area contributed by atoms with Crippen LogP contribution in [0.15, 0.2) is 18.3 Å². The van der Waals surface area contributed by atoms with Crippen LogP contribution in [0, 0.1) is 0 Å². The summed E-state index contributed by atoms with van der Waals surface area (Å²) in [6.07, 6.45) is 1.56. The molecule has 0 saturated heterocycles. The molecule has 0 aliphatic heterocycles. The first-order valence-corrected chi connectivity index (χ1v) is 3.74. The van der Waals surface area contributed by atoms with Crippen molar-refractivity contribution in [3.63, 3.8) is 0 Å². The summed E-state index contributed by atoms with van der Waals surface area (Å²) in [5.41, 5.74) is 6.18. The maximum absolute atomic E-state index is 10.4. The number of nitrogens with zero attached hydrogens (tertiary/aromatic N) is 2. The van der Waals surface area contributed by atoms with E-state index >= 15 is 0 Å². The van der Waals surface area contributed by atoms with Gasteiger partial charge in [0.15, 0.2) is 0 Å². The third-order valence-corrected chi connectivity index (χ3v) is 1.60. The SMILES string of the molecule is CN(CC(=O)O)c1cccnc1N. The monoisotopic (exact) mass is 181 g/mol. The Kier molecular flexibility index (Phi) is 2.69. The summed E-state index contributed by atoms with van der Waals surface area (Å²) >= 11 is 0. The maximum Gasteiger partial charge on any atom is 0.323 e. The number of carboxylic acids is 1. The molecule has 0 bridgehead atoms. The molecule has 5 nitrogen and oxygen atoms in total. The molecule has 5 heteroatoms. The van der Waals surface area contributed by atoms with Gasteiger partial charge in [-0.3, -0.25) is 4.79 Å². The van der Waals surface area contributed by atoms with Crippen LogP contribution in [0.25, 0.3) is 0 Å². The average molecular weight is 181 g/mol. The van der Waals surface area contributed by atoms with E-state index in [1.807, 2.05) is 0 Å². The minimum absolute atomic E-state index is 0.0874. The number of carbonyl (C=O) groups is 1. The van der Waals surface area contributed by atoms with E-state index in [0.717, 1.165) is 0 Å². The van der Waals surface area contributed by atoms with E-state index in [4.69, 9.17) is 10.8 Å². The van der Waals surface area contributed by atoms with Crippen molar-refractivity contribution in [1.29, 1.82) is 0 Å². The Labute approximate surface area is 75.8 Å². The van der Waals surface area contributed by atoms with Gasteiger partial charge in [0.1, 0.15) is 12.4 Å². The summed E-state index contributed by atoms with van der Waals surface area (Å²) in [5.74, 6) is -0.558. The van der Waals surface area contributed by atoms with Gasteiger partial charge in [-0.05, 0) is 12.1 Å². The van der Waals surface area contributed by atoms with Gasteiger partial charge in [0, 0.05) is 13.2 Å². The van der Waals surface area contributed by atoms with E-state index < -0.39 is 5.97 Å². The van der Waals surface area contributed by atoms with Gasteiger partial charge in [-0.15, -0.1) is 0 Å². The first-order chi connectivity index (χ1) is 6.11. The maximum atomic E-state index is 10.4. The number of rotatable bonds is 3. The smallest absolute Gasteiger partial charge is 0.323 e. The number of likely N-dealkylation sites (N-methyl/N-ethyl adjacent to an activating group) is 1. The molecule has 3 N–H and O–H groups in total. The third kappa shape index (κ3) is 2.33. The van der Waals surface area contributed by atoms with Crippen molar-refractivity contribution in [3.05, 3.63) is 18.3 Å². The predicted molar refractivity (Wildman–Crippen MR) is 49.6 cm³/mol. The highest BCUT2D eigenvalue weighted by Gasteiger charge is 2.08. The van der Waals surface area contributed by atoms with Gasteiger partial charge >= 0.3 is 5.97 Å². The van der Waals surface area contributed by atoms with Crippen molar-refractivity contribution in [2.75, 3.05) is 24.2 Å². The summed E-state index contributed by atoms with van der Waals surface area (Å²) in [5, 5.41) is 8.53. The van der Waals surface area contributed by atoms with Gasteiger partial charge in [0.2, 0.25) is 0 Å². The van der Waals surface area contributed by atoms with Crippen LogP contribution in [0.1, 0.15) is 0 Å². The number of pyridine rings is 1. The fourth-order valence-electron chi connectivity index (χ4n) is 1.02. The van der Waals surface area contributed by atoms with E-state index in [1.165, 1.54) is 4.90 Å². The topological polar surface area (TPSA) is 79.5 Å². The van der Waals surface area contributed by atoms with Gasteiger partial charge in [-0.25, -0.2) is 4.98 Å². The molecule has 0 aromatic carbocycles. The Balaban J connectivity index is 2.82. The second-order valence-electron chi connectivity index (χ2n) is 2.66. The van der Waals surface area contributed by atoms with Crippen LogP contribution < -0.4 is 10.6 Å². The number of hydrogen-bond donors (Lipinski definition) is 2. The Hall–Kier alpha value is -1.78. The molecule has 1 aromatic rings. The Bertz CT molecular complexity index is 314. The molecule has 0 radical (unpaired) electrons. The van der Waals surface area contributed by atoms with Gasteiger partial charge in [-0.1, -0.05) is 0 Å². The van der Waals surface area contributed by atoms with Crippen LogP contribution in [-0.2, 0) is 4.79 Å². The van der Waals surface area contributed by atoms with E-state index in [-0.39, 0.29) is 6.54 Å². The Morgan fingerprint density at radius 1 is 1.77 bits per heavy atom. The lowest BCUT2D eigenvalue weighted by atomic mass is 10.3. The van der Waals surface area contributed by atoms with E-state index in [1.54, 1.807) is 25.4 Å². The highest BCUT2D eigenvalue weighted by Crippen LogP contribution is 2.17. The van der Waals surface area contributed by atoms with Crippen LogP contribution in [-0.4, -0.2) is 29.7 Å². The minimum atomic E-state index is -0.897. The molecule has 1 aromatic heterocycles. The first-order valence-electron chi connectivity index (χ1n) is 3.74. The number of carboxylic acid groups (broad SMARTS) is 1. The lowest BCUT2D eigenvalue weighted by molar-refractivity contribution is -0.135. The van der Waals surface area contributed by atoms with Gasteiger partial charge in [-0.2, -0.15) is 0 Å². The number of aromatic nitrogens is 1. The number of anilines is 2. The molecule has 13 heavy (non-hydrogen) atoms. The minimum Gasteiger partial charge on any atom is -0.480 e. The van der Waals surface area contributed by atoms with Crippen molar-refractivity contribution in [3.8, 4) is 0 Å². The summed E-state index contributed by atoms with van der Waals surface area (Å²) in [6.45, 7) is -0.0874. The number of nitrogens with two attached hydrogens (primary N) is 1. The second kappa shape index (κ2) is 3.75. The standard InChI is InChI=1S/C8H11N3O2/c1-11(5-7(12)13)6-3-2-4-10-8(6)9/h2-4H,5H2,1H3,(H2,9,10)(H,12,13). The number of aliphatic carboxylic acids is 1. The summed E-state index contributed by atoms with van der Waals surface area (Å²) in [7, 11) is 1.65. The van der Waals surface area contributed by atoms with Crippen molar-refractivity contribution in [1.82, 2.24) is 4.98 Å². The zero-order valence-electron chi connectivity index (χ0n) is 7.27. The normalized spacial score (nSPS) is 9.62. The summed E-state index contributed by atoms with van der Waals surface area (Å²) < 4.78 is 0. The van der Waals surface area contributed by atoms with Crippen LogP contribution >= 0.6 is 0 Å². The molecular formula is C8H11N3O2. The lowest BCUT2D eigenvalue weighted by Gasteiger charge is -2.17. The van der Waals surface area contributed by atoms with E-state index in [9.17, 15) is 4.79 Å².